The first-order valence-corrected chi connectivity index (χ1v) is 6.08. The van der Waals surface area contributed by atoms with Crippen molar-refractivity contribution in [3.63, 3.8) is 0 Å². The molecule has 0 saturated heterocycles. The van der Waals surface area contributed by atoms with Crippen LogP contribution in [0.2, 0.25) is 0 Å². The van der Waals surface area contributed by atoms with Gasteiger partial charge in [-0.1, -0.05) is 27.2 Å². The molecule has 0 aromatic carbocycles. The third-order valence-electron chi connectivity index (χ3n) is 3.65. The molecule has 84 valence electrons. The van der Waals surface area contributed by atoms with Gasteiger partial charge in [0, 0.05) is 17.9 Å². The maximum Gasteiger partial charge on any atom is 0.127 e. The molecule has 0 aliphatic heterocycles. The van der Waals surface area contributed by atoms with Crippen LogP contribution in [0.4, 0.5) is 0 Å². The second-order valence-corrected chi connectivity index (χ2v) is 6.48. The van der Waals surface area contributed by atoms with E-state index in [9.17, 15) is 0 Å². The number of halogens is 2. The highest BCUT2D eigenvalue weighted by Crippen LogP contribution is 2.70. The molecule has 0 bridgehead atoms. The second kappa shape index (κ2) is 4.19. The van der Waals surface area contributed by atoms with Gasteiger partial charge in [-0.15, -0.1) is 23.2 Å². The molecular formula is C11H20Cl2O. The Labute approximate surface area is 96.8 Å². The Hall–Kier alpha value is 0.540. The van der Waals surface area contributed by atoms with Crippen LogP contribution < -0.4 is 0 Å². The lowest BCUT2D eigenvalue weighted by Gasteiger charge is -2.09. The zero-order chi connectivity index (χ0) is 11.0. The highest BCUT2D eigenvalue weighted by molar-refractivity contribution is 6.51. The standard InChI is InChI=1S/C11H20Cl2O/c1-8(6-7-14)4-5-9-10(2,3)11(9,12)13/h8-9,14H,4-7H2,1-3H3. The van der Waals surface area contributed by atoms with Gasteiger partial charge in [-0.25, -0.2) is 0 Å². The topological polar surface area (TPSA) is 20.2 Å². The third-order valence-corrected chi connectivity index (χ3v) is 5.16. The molecule has 1 aliphatic carbocycles. The second-order valence-electron chi connectivity index (χ2n) is 5.09. The highest BCUT2D eigenvalue weighted by atomic mass is 35.5. The Morgan fingerprint density at radius 3 is 2.14 bits per heavy atom. The van der Waals surface area contributed by atoms with E-state index in [0.29, 0.717) is 11.8 Å². The molecule has 1 aliphatic rings. The summed E-state index contributed by atoms with van der Waals surface area (Å²) in [4.78, 5) is 0. The molecule has 14 heavy (non-hydrogen) atoms. The first-order chi connectivity index (χ1) is 6.34. The van der Waals surface area contributed by atoms with Crippen molar-refractivity contribution < 1.29 is 5.11 Å². The van der Waals surface area contributed by atoms with Gasteiger partial charge in [0.05, 0.1) is 0 Å². The van der Waals surface area contributed by atoms with Gasteiger partial charge in [0.15, 0.2) is 0 Å². The largest absolute Gasteiger partial charge is 0.396 e. The Morgan fingerprint density at radius 2 is 1.79 bits per heavy atom. The molecule has 2 unspecified atom stereocenters. The zero-order valence-corrected chi connectivity index (χ0v) is 10.7. The van der Waals surface area contributed by atoms with E-state index in [1.165, 1.54) is 0 Å². The number of aliphatic hydroxyl groups excluding tert-OH is 1. The number of alkyl halides is 2. The van der Waals surface area contributed by atoms with Crippen LogP contribution in [0, 0.1) is 17.3 Å². The summed E-state index contributed by atoms with van der Waals surface area (Å²) in [5.74, 6) is 0.986. The summed E-state index contributed by atoms with van der Waals surface area (Å²) in [7, 11) is 0. The summed E-state index contributed by atoms with van der Waals surface area (Å²) in [6.07, 6.45) is 3.06. The molecule has 1 fully saturated rings. The minimum atomic E-state index is -0.522. The van der Waals surface area contributed by atoms with Crippen molar-refractivity contribution in [1.82, 2.24) is 0 Å². The highest BCUT2D eigenvalue weighted by Gasteiger charge is 2.69. The van der Waals surface area contributed by atoms with Crippen LogP contribution in [0.5, 0.6) is 0 Å². The van der Waals surface area contributed by atoms with Crippen LogP contribution in [0.25, 0.3) is 0 Å². The Morgan fingerprint density at radius 1 is 1.29 bits per heavy atom. The van der Waals surface area contributed by atoms with Gasteiger partial charge in [0.1, 0.15) is 4.33 Å². The van der Waals surface area contributed by atoms with Gasteiger partial charge in [0.2, 0.25) is 0 Å². The Balaban J connectivity index is 2.28. The average molecular weight is 239 g/mol. The normalized spacial score (nSPS) is 30.0. The maximum absolute atomic E-state index is 8.77. The summed E-state index contributed by atoms with van der Waals surface area (Å²) in [5, 5.41) is 8.77. The van der Waals surface area contributed by atoms with Gasteiger partial charge < -0.3 is 5.11 Å². The average Bonchev–Trinajstić information content (AvgIpc) is 2.41. The summed E-state index contributed by atoms with van der Waals surface area (Å²) in [6, 6.07) is 0. The van der Waals surface area contributed by atoms with Crippen molar-refractivity contribution in [2.24, 2.45) is 17.3 Å². The number of aliphatic hydroxyl groups is 1. The molecule has 0 aromatic rings. The third kappa shape index (κ3) is 2.20. The van der Waals surface area contributed by atoms with Gasteiger partial charge in [-0.3, -0.25) is 0 Å². The van der Waals surface area contributed by atoms with E-state index in [1.807, 2.05) is 0 Å². The van der Waals surface area contributed by atoms with Crippen LogP contribution in [-0.4, -0.2) is 16.0 Å². The molecule has 3 heteroatoms. The van der Waals surface area contributed by atoms with Gasteiger partial charge >= 0.3 is 0 Å². The smallest absolute Gasteiger partial charge is 0.127 e. The summed E-state index contributed by atoms with van der Waals surface area (Å²) < 4.78 is -0.522. The van der Waals surface area contributed by atoms with Gasteiger partial charge in [-0.2, -0.15) is 0 Å². The predicted molar refractivity (Wildman–Crippen MR) is 61.8 cm³/mol. The molecule has 1 nitrogen and oxygen atoms in total. The molecule has 0 aromatic heterocycles. The van der Waals surface area contributed by atoms with E-state index in [0.717, 1.165) is 19.3 Å². The predicted octanol–water partition coefficient (Wildman–Crippen LogP) is 3.62. The van der Waals surface area contributed by atoms with Crippen molar-refractivity contribution >= 4 is 23.2 Å². The molecule has 0 heterocycles. The van der Waals surface area contributed by atoms with E-state index in [-0.39, 0.29) is 12.0 Å². The van der Waals surface area contributed by atoms with Crippen LogP contribution in [0.15, 0.2) is 0 Å². The summed E-state index contributed by atoms with van der Waals surface area (Å²) in [5.41, 5.74) is 0.0645. The molecule has 1 rings (SSSR count). The minimum Gasteiger partial charge on any atom is -0.396 e. The van der Waals surface area contributed by atoms with Crippen molar-refractivity contribution in [3.8, 4) is 0 Å². The van der Waals surface area contributed by atoms with E-state index < -0.39 is 4.33 Å². The molecule has 0 amide bonds. The van der Waals surface area contributed by atoms with Gasteiger partial charge in [-0.05, 0) is 18.8 Å². The van der Waals surface area contributed by atoms with Crippen molar-refractivity contribution in [3.05, 3.63) is 0 Å². The quantitative estimate of drug-likeness (QED) is 0.726. The molecule has 2 atom stereocenters. The number of hydrogen-bond acceptors (Lipinski definition) is 1. The number of rotatable bonds is 5. The molecule has 0 radical (unpaired) electrons. The summed E-state index contributed by atoms with van der Waals surface area (Å²) >= 11 is 12.4. The minimum absolute atomic E-state index is 0.0645. The number of hydrogen-bond donors (Lipinski definition) is 1. The fourth-order valence-electron chi connectivity index (χ4n) is 2.12. The van der Waals surface area contributed by atoms with Crippen molar-refractivity contribution in [2.45, 2.75) is 44.4 Å². The maximum atomic E-state index is 8.77. The summed E-state index contributed by atoms with van der Waals surface area (Å²) in [6.45, 7) is 6.68. The molecule has 0 spiro atoms. The lowest BCUT2D eigenvalue weighted by molar-refractivity contribution is 0.255. The van der Waals surface area contributed by atoms with E-state index in [2.05, 4.69) is 20.8 Å². The Bertz CT molecular complexity index is 187. The first-order valence-electron chi connectivity index (χ1n) is 5.32. The Kier molecular flexibility index (Phi) is 3.77. The van der Waals surface area contributed by atoms with Crippen molar-refractivity contribution in [1.29, 1.82) is 0 Å². The van der Waals surface area contributed by atoms with Crippen LogP contribution in [0.3, 0.4) is 0 Å². The lowest BCUT2D eigenvalue weighted by atomic mass is 9.98. The molecule has 1 N–H and O–H groups in total. The SMILES string of the molecule is CC(CCO)CCC1C(C)(C)C1(Cl)Cl. The lowest BCUT2D eigenvalue weighted by Crippen LogP contribution is -2.00. The van der Waals surface area contributed by atoms with Crippen LogP contribution >= 0.6 is 23.2 Å². The zero-order valence-electron chi connectivity index (χ0n) is 9.19. The van der Waals surface area contributed by atoms with Gasteiger partial charge in [0.25, 0.3) is 0 Å². The molecular weight excluding hydrogens is 219 g/mol. The molecule has 1 saturated carbocycles. The van der Waals surface area contributed by atoms with E-state index in [1.54, 1.807) is 0 Å². The fourth-order valence-corrected chi connectivity index (χ4v) is 3.03. The van der Waals surface area contributed by atoms with E-state index >= 15 is 0 Å². The fraction of sp³-hybridized carbons (Fsp3) is 1.00. The van der Waals surface area contributed by atoms with Crippen LogP contribution in [-0.2, 0) is 0 Å². The van der Waals surface area contributed by atoms with Crippen molar-refractivity contribution in [2.75, 3.05) is 6.61 Å². The van der Waals surface area contributed by atoms with Crippen LogP contribution in [0.1, 0.15) is 40.0 Å². The monoisotopic (exact) mass is 238 g/mol. The van der Waals surface area contributed by atoms with E-state index in [4.69, 9.17) is 28.3 Å². The first kappa shape index (κ1) is 12.6.